The maximum absolute atomic E-state index is 12.6. The van der Waals surface area contributed by atoms with Gasteiger partial charge in [0.1, 0.15) is 23.5 Å². The Morgan fingerprint density at radius 3 is 2.61 bits per heavy atom. The lowest BCUT2D eigenvalue weighted by Gasteiger charge is -2.21. The predicted octanol–water partition coefficient (Wildman–Crippen LogP) is 2.18. The average Bonchev–Trinajstić information content (AvgIpc) is 3.21. The standard InChI is InChI=1S/C19H24N2O5S2/c1-13(2)18(21-28(23,24)17-4-3-11-27-17)19(22)20-8-7-14-5-6-15-16(12-14)26-10-9-25-15/h3-6,11-13,18,21H,7-10H2,1-2H3,(H,20,22)/t18-/m0/s1. The van der Waals surface area contributed by atoms with Crippen LogP contribution in [0, 0.1) is 5.92 Å². The Morgan fingerprint density at radius 1 is 1.18 bits per heavy atom. The molecule has 2 heterocycles. The van der Waals surface area contributed by atoms with Crippen LogP contribution in [-0.2, 0) is 21.2 Å². The molecule has 1 aliphatic heterocycles. The van der Waals surface area contributed by atoms with Gasteiger partial charge in [0.05, 0.1) is 0 Å². The van der Waals surface area contributed by atoms with E-state index in [1.807, 2.05) is 32.0 Å². The van der Waals surface area contributed by atoms with Crippen molar-refractivity contribution in [3.8, 4) is 11.5 Å². The number of thiophene rings is 1. The summed E-state index contributed by atoms with van der Waals surface area (Å²) in [6.07, 6.45) is 0.602. The summed E-state index contributed by atoms with van der Waals surface area (Å²) >= 11 is 1.12. The van der Waals surface area contributed by atoms with Crippen molar-refractivity contribution in [3.63, 3.8) is 0 Å². The number of fused-ring (bicyclic) bond motifs is 1. The van der Waals surface area contributed by atoms with Gasteiger partial charge in [0.2, 0.25) is 5.91 Å². The quantitative estimate of drug-likeness (QED) is 0.678. The molecule has 2 N–H and O–H groups in total. The number of nitrogens with one attached hydrogen (secondary N) is 2. The van der Waals surface area contributed by atoms with Crippen LogP contribution in [0.15, 0.2) is 39.9 Å². The van der Waals surface area contributed by atoms with Crippen LogP contribution >= 0.6 is 11.3 Å². The Morgan fingerprint density at radius 2 is 1.93 bits per heavy atom. The smallest absolute Gasteiger partial charge is 0.250 e. The molecule has 1 aliphatic rings. The van der Waals surface area contributed by atoms with Crippen LogP contribution in [0.25, 0.3) is 0 Å². The van der Waals surface area contributed by atoms with Crippen molar-refractivity contribution in [2.24, 2.45) is 5.92 Å². The maximum Gasteiger partial charge on any atom is 0.250 e. The third kappa shape index (κ3) is 5.03. The third-order valence-corrected chi connectivity index (χ3v) is 7.15. The van der Waals surface area contributed by atoms with Crippen LogP contribution < -0.4 is 19.5 Å². The van der Waals surface area contributed by atoms with Gasteiger partial charge in [-0.05, 0) is 41.5 Å². The van der Waals surface area contributed by atoms with Gasteiger partial charge in [-0.1, -0.05) is 26.0 Å². The summed E-state index contributed by atoms with van der Waals surface area (Å²) in [4.78, 5) is 12.6. The number of rotatable bonds is 8. The summed E-state index contributed by atoms with van der Waals surface area (Å²) in [6.45, 7) is 5.07. The van der Waals surface area contributed by atoms with Gasteiger partial charge in [-0.15, -0.1) is 11.3 Å². The molecule has 2 aromatic rings. The van der Waals surface area contributed by atoms with Gasteiger partial charge in [-0.25, -0.2) is 8.42 Å². The van der Waals surface area contributed by atoms with Crippen molar-refractivity contribution in [3.05, 3.63) is 41.3 Å². The van der Waals surface area contributed by atoms with Gasteiger partial charge in [-0.3, -0.25) is 4.79 Å². The summed E-state index contributed by atoms with van der Waals surface area (Å²) in [5.41, 5.74) is 1.00. The molecule has 28 heavy (non-hydrogen) atoms. The SMILES string of the molecule is CC(C)[C@H](NS(=O)(=O)c1cccs1)C(=O)NCCc1ccc2c(c1)OCCO2. The zero-order chi connectivity index (χ0) is 20.1. The summed E-state index contributed by atoms with van der Waals surface area (Å²) in [5, 5.41) is 4.51. The lowest BCUT2D eigenvalue weighted by Crippen LogP contribution is -2.49. The van der Waals surface area contributed by atoms with Crippen LogP contribution in [0.4, 0.5) is 0 Å². The molecule has 152 valence electrons. The molecule has 9 heteroatoms. The van der Waals surface area contributed by atoms with Crippen LogP contribution in [0.5, 0.6) is 11.5 Å². The number of sulfonamides is 1. The molecule has 0 bridgehead atoms. The molecule has 3 rings (SSSR count). The van der Waals surface area contributed by atoms with Crippen molar-refractivity contribution in [1.82, 2.24) is 10.0 Å². The fourth-order valence-electron chi connectivity index (χ4n) is 2.82. The van der Waals surface area contributed by atoms with Gasteiger partial charge in [0, 0.05) is 6.54 Å². The van der Waals surface area contributed by atoms with E-state index in [0.717, 1.165) is 22.6 Å². The van der Waals surface area contributed by atoms with E-state index in [0.29, 0.717) is 31.9 Å². The van der Waals surface area contributed by atoms with Crippen molar-refractivity contribution in [1.29, 1.82) is 0 Å². The molecule has 7 nitrogen and oxygen atoms in total. The summed E-state index contributed by atoms with van der Waals surface area (Å²) in [5.74, 6) is 0.900. The zero-order valence-corrected chi connectivity index (χ0v) is 17.4. The number of ether oxygens (including phenoxy) is 2. The molecule has 1 atom stereocenters. The highest BCUT2D eigenvalue weighted by Gasteiger charge is 2.28. The van der Waals surface area contributed by atoms with Crippen LogP contribution in [0.3, 0.4) is 0 Å². The number of amides is 1. The highest BCUT2D eigenvalue weighted by Crippen LogP contribution is 2.30. The molecule has 0 aliphatic carbocycles. The van der Waals surface area contributed by atoms with E-state index in [9.17, 15) is 13.2 Å². The van der Waals surface area contributed by atoms with Gasteiger partial charge >= 0.3 is 0 Å². The molecule has 0 saturated carbocycles. The van der Waals surface area contributed by atoms with Crippen molar-refractivity contribution < 1.29 is 22.7 Å². The summed E-state index contributed by atoms with van der Waals surface area (Å²) in [7, 11) is -3.72. The Bertz CT molecular complexity index is 910. The molecule has 1 aromatic carbocycles. The first kappa shape index (κ1) is 20.6. The zero-order valence-electron chi connectivity index (χ0n) is 15.8. The largest absolute Gasteiger partial charge is 0.486 e. The van der Waals surface area contributed by atoms with Crippen LogP contribution in [0.2, 0.25) is 0 Å². The molecule has 0 saturated heterocycles. The molecule has 1 amide bonds. The normalized spacial score (nSPS) is 14.7. The maximum atomic E-state index is 12.6. The van der Waals surface area contributed by atoms with Gasteiger partial charge in [0.15, 0.2) is 11.5 Å². The highest BCUT2D eigenvalue weighted by atomic mass is 32.2. The predicted molar refractivity (Wildman–Crippen MR) is 107 cm³/mol. The molecule has 0 spiro atoms. The molecule has 0 radical (unpaired) electrons. The number of carbonyl (C=O) groups excluding carboxylic acids is 1. The summed E-state index contributed by atoms with van der Waals surface area (Å²) in [6, 6.07) is 8.03. The monoisotopic (exact) mass is 424 g/mol. The molecule has 1 aromatic heterocycles. The van der Waals surface area contributed by atoms with E-state index < -0.39 is 16.1 Å². The second-order valence-corrected chi connectivity index (χ2v) is 9.68. The number of carbonyl (C=O) groups is 1. The second-order valence-electron chi connectivity index (χ2n) is 6.79. The fourth-order valence-corrected chi connectivity index (χ4v) is 5.17. The first-order valence-corrected chi connectivity index (χ1v) is 11.4. The van der Waals surface area contributed by atoms with Crippen molar-refractivity contribution >= 4 is 27.3 Å². The lowest BCUT2D eigenvalue weighted by molar-refractivity contribution is -0.123. The van der Waals surface area contributed by atoms with Gasteiger partial charge in [-0.2, -0.15) is 4.72 Å². The van der Waals surface area contributed by atoms with Gasteiger partial charge < -0.3 is 14.8 Å². The van der Waals surface area contributed by atoms with Crippen LogP contribution in [-0.4, -0.2) is 40.1 Å². The van der Waals surface area contributed by atoms with E-state index in [1.54, 1.807) is 11.4 Å². The van der Waals surface area contributed by atoms with E-state index in [4.69, 9.17) is 9.47 Å². The summed E-state index contributed by atoms with van der Waals surface area (Å²) < 4.78 is 38.7. The highest BCUT2D eigenvalue weighted by molar-refractivity contribution is 7.91. The first-order valence-electron chi connectivity index (χ1n) is 9.09. The minimum absolute atomic E-state index is 0.191. The molecular formula is C19H24N2O5S2. The van der Waals surface area contributed by atoms with Crippen molar-refractivity contribution in [2.75, 3.05) is 19.8 Å². The molecular weight excluding hydrogens is 400 g/mol. The molecule has 0 fully saturated rings. The van der Waals surface area contributed by atoms with E-state index in [1.165, 1.54) is 6.07 Å². The second kappa shape index (κ2) is 8.93. The van der Waals surface area contributed by atoms with E-state index in [2.05, 4.69) is 10.0 Å². The van der Waals surface area contributed by atoms with E-state index in [-0.39, 0.29) is 16.0 Å². The Balaban J connectivity index is 1.57. The van der Waals surface area contributed by atoms with E-state index >= 15 is 0 Å². The average molecular weight is 425 g/mol. The first-order chi connectivity index (χ1) is 13.4. The topological polar surface area (TPSA) is 93.7 Å². The van der Waals surface area contributed by atoms with Crippen molar-refractivity contribution in [2.45, 2.75) is 30.5 Å². The minimum Gasteiger partial charge on any atom is -0.486 e. The lowest BCUT2D eigenvalue weighted by atomic mass is 10.0. The Labute approximate surface area is 169 Å². The fraction of sp³-hybridized carbons (Fsp3) is 0.421. The number of benzene rings is 1. The number of hydrogen-bond donors (Lipinski definition) is 2. The van der Waals surface area contributed by atoms with Gasteiger partial charge in [0.25, 0.3) is 10.0 Å². The molecule has 0 unspecified atom stereocenters. The third-order valence-electron chi connectivity index (χ3n) is 4.31. The minimum atomic E-state index is -3.72. The number of hydrogen-bond acceptors (Lipinski definition) is 6. The Kier molecular flexibility index (Phi) is 6.58. The Hall–Kier alpha value is -2.10. The van der Waals surface area contributed by atoms with Crippen LogP contribution in [0.1, 0.15) is 19.4 Å².